The number of nitrogens with zero attached hydrogens (tertiary/aromatic N) is 1. The molecule has 0 aromatic carbocycles. The van der Waals surface area contributed by atoms with Crippen molar-refractivity contribution < 1.29 is 23.1 Å². The molecule has 1 aliphatic rings. The molecule has 136 valence electrons. The molecular weight excluding hydrogens is 387 g/mol. The Morgan fingerprint density at radius 3 is 2.17 bits per heavy atom. The quantitative estimate of drug-likeness (QED) is 0.457. The van der Waals surface area contributed by atoms with Gasteiger partial charge in [-0.2, -0.15) is 0 Å². The predicted octanol–water partition coefficient (Wildman–Crippen LogP) is 4.96. The number of rotatable bonds is 6. The fourth-order valence-electron chi connectivity index (χ4n) is 2.27. The van der Waals surface area contributed by atoms with Crippen LogP contribution in [0.2, 0.25) is 0 Å². The third-order valence-electron chi connectivity index (χ3n) is 2.90. The number of carbonyl (C=O) groups is 1. The second-order valence-electron chi connectivity index (χ2n) is 5.83. The van der Waals surface area contributed by atoms with E-state index < -0.39 is 23.3 Å². The Bertz CT molecular complexity index is 441. The highest BCUT2D eigenvalue weighted by Gasteiger charge is 2.47. The Labute approximate surface area is 152 Å². The Hall–Kier alpha value is 0.290. The van der Waals surface area contributed by atoms with Crippen LogP contribution in [-0.2, 0) is 18.3 Å². The zero-order valence-corrected chi connectivity index (χ0v) is 16.8. The molecule has 1 unspecified atom stereocenters. The number of alkyl halides is 3. The van der Waals surface area contributed by atoms with E-state index in [-0.39, 0.29) is 18.8 Å². The van der Waals surface area contributed by atoms with Crippen LogP contribution in [0, 0.1) is 0 Å². The van der Waals surface area contributed by atoms with Gasteiger partial charge in [0.15, 0.2) is 0 Å². The standard InChI is InChI=1S/C13H23Cl3NO5P/c1-9(2)21-23(19,22-10(3)4)11-6-5-7-17(11)12(18)20-8-13(14,15)16/h9-11H,5-8H2,1-4H3. The minimum Gasteiger partial charge on any atom is -0.445 e. The first-order chi connectivity index (χ1) is 10.4. The summed E-state index contributed by atoms with van der Waals surface area (Å²) in [5, 5.41) is 0. The molecule has 23 heavy (non-hydrogen) atoms. The number of likely N-dealkylation sites (tertiary alicyclic amines) is 1. The molecule has 1 saturated heterocycles. The van der Waals surface area contributed by atoms with Gasteiger partial charge in [0.05, 0.1) is 12.2 Å². The van der Waals surface area contributed by atoms with Gasteiger partial charge < -0.3 is 13.8 Å². The molecule has 0 spiro atoms. The van der Waals surface area contributed by atoms with Crippen LogP contribution >= 0.6 is 42.4 Å². The third kappa shape index (κ3) is 6.97. The number of amides is 1. The summed E-state index contributed by atoms with van der Waals surface area (Å²) >= 11 is 16.7. The molecule has 1 aliphatic heterocycles. The first kappa shape index (κ1) is 21.3. The monoisotopic (exact) mass is 409 g/mol. The van der Waals surface area contributed by atoms with Crippen molar-refractivity contribution in [3.63, 3.8) is 0 Å². The summed E-state index contributed by atoms with van der Waals surface area (Å²) in [6.45, 7) is 7.04. The van der Waals surface area contributed by atoms with Crippen molar-refractivity contribution in [2.24, 2.45) is 0 Å². The van der Waals surface area contributed by atoms with E-state index in [2.05, 4.69) is 0 Å². The molecule has 1 rings (SSSR count). The van der Waals surface area contributed by atoms with Gasteiger partial charge in [-0.25, -0.2) is 4.79 Å². The largest absolute Gasteiger partial charge is 0.445 e. The molecule has 0 radical (unpaired) electrons. The van der Waals surface area contributed by atoms with Gasteiger partial charge in [0, 0.05) is 6.54 Å². The minimum absolute atomic E-state index is 0.306. The highest BCUT2D eigenvalue weighted by Crippen LogP contribution is 2.59. The van der Waals surface area contributed by atoms with Crippen LogP contribution in [0.15, 0.2) is 0 Å². The SMILES string of the molecule is CC(C)OP(=O)(OC(C)C)C1CCCN1C(=O)OCC(Cl)(Cl)Cl. The van der Waals surface area contributed by atoms with Crippen molar-refractivity contribution in [3.05, 3.63) is 0 Å². The summed E-state index contributed by atoms with van der Waals surface area (Å²) in [6, 6.07) is 0. The lowest BCUT2D eigenvalue weighted by Crippen LogP contribution is -2.38. The maximum Gasteiger partial charge on any atom is 0.410 e. The second-order valence-corrected chi connectivity index (χ2v) is 10.4. The maximum atomic E-state index is 13.2. The van der Waals surface area contributed by atoms with Gasteiger partial charge in [-0.05, 0) is 40.5 Å². The average Bonchev–Trinajstić information content (AvgIpc) is 2.82. The molecule has 1 amide bonds. The topological polar surface area (TPSA) is 65.1 Å². The molecule has 1 heterocycles. The first-order valence-corrected chi connectivity index (χ1v) is 10.2. The van der Waals surface area contributed by atoms with Crippen LogP contribution in [0.3, 0.4) is 0 Å². The van der Waals surface area contributed by atoms with Gasteiger partial charge in [-0.1, -0.05) is 34.8 Å². The zero-order valence-electron chi connectivity index (χ0n) is 13.6. The molecule has 1 atom stereocenters. The fraction of sp³-hybridized carbons (Fsp3) is 0.923. The van der Waals surface area contributed by atoms with Crippen molar-refractivity contribution in [3.8, 4) is 0 Å². The number of ether oxygens (including phenoxy) is 1. The number of hydrogen-bond acceptors (Lipinski definition) is 5. The van der Waals surface area contributed by atoms with E-state index in [1.54, 1.807) is 27.7 Å². The Morgan fingerprint density at radius 1 is 1.22 bits per heavy atom. The molecule has 10 heteroatoms. The Morgan fingerprint density at radius 2 is 1.74 bits per heavy atom. The van der Waals surface area contributed by atoms with E-state index in [0.717, 1.165) is 0 Å². The molecule has 0 N–H and O–H groups in total. The summed E-state index contributed by atoms with van der Waals surface area (Å²) in [7, 11) is -3.53. The van der Waals surface area contributed by atoms with E-state index in [9.17, 15) is 9.36 Å². The van der Waals surface area contributed by atoms with Gasteiger partial charge in [-0.3, -0.25) is 9.46 Å². The van der Waals surface area contributed by atoms with Gasteiger partial charge >= 0.3 is 13.7 Å². The van der Waals surface area contributed by atoms with Crippen molar-refractivity contribution in [1.82, 2.24) is 4.90 Å². The summed E-state index contributed by atoms with van der Waals surface area (Å²) < 4.78 is 27.6. The molecule has 0 aromatic heterocycles. The van der Waals surface area contributed by atoms with Gasteiger partial charge in [-0.15, -0.1) is 0 Å². The highest BCUT2D eigenvalue weighted by molar-refractivity contribution is 7.54. The van der Waals surface area contributed by atoms with Crippen molar-refractivity contribution in [2.45, 2.75) is 62.3 Å². The predicted molar refractivity (Wildman–Crippen MR) is 91.4 cm³/mol. The molecule has 1 fully saturated rings. The van der Waals surface area contributed by atoms with Crippen LogP contribution in [0.5, 0.6) is 0 Å². The first-order valence-electron chi connectivity index (χ1n) is 7.41. The molecule has 0 aromatic rings. The van der Waals surface area contributed by atoms with Crippen LogP contribution in [0.1, 0.15) is 40.5 Å². The summed E-state index contributed by atoms with van der Waals surface area (Å²) in [6.07, 6.45) is -0.141. The number of halogens is 3. The van der Waals surface area contributed by atoms with Crippen LogP contribution in [0.4, 0.5) is 4.79 Å². The second kappa shape index (κ2) is 8.59. The summed E-state index contributed by atoms with van der Waals surface area (Å²) in [5.74, 6) is -0.699. The van der Waals surface area contributed by atoms with Crippen molar-refractivity contribution >= 4 is 48.5 Å². The Balaban J connectivity index is 2.88. The molecular formula is C13H23Cl3NO5P. The minimum atomic E-state index is -3.53. The van der Waals surface area contributed by atoms with Gasteiger partial charge in [0.25, 0.3) is 0 Å². The van der Waals surface area contributed by atoms with E-state index in [4.69, 9.17) is 48.6 Å². The summed E-state index contributed by atoms with van der Waals surface area (Å²) in [5.41, 5.74) is 0. The summed E-state index contributed by atoms with van der Waals surface area (Å²) in [4.78, 5) is 13.6. The third-order valence-corrected chi connectivity index (χ3v) is 5.92. The van der Waals surface area contributed by atoms with E-state index in [1.807, 2.05) is 0 Å². The number of hydrogen-bond donors (Lipinski definition) is 0. The number of carbonyl (C=O) groups excluding carboxylic acids is 1. The van der Waals surface area contributed by atoms with E-state index in [0.29, 0.717) is 19.4 Å². The molecule has 0 saturated carbocycles. The molecule has 6 nitrogen and oxygen atoms in total. The highest BCUT2D eigenvalue weighted by atomic mass is 35.6. The zero-order chi connectivity index (χ0) is 17.8. The lowest BCUT2D eigenvalue weighted by Gasteiger charge is -2.32. The van der Waals surface area contributed by atoms with E-state index in [1.165, 1.54) is 4.90 Å². The van der Waals surface area contributed by atoms with Crippen LogP contribution < -0.4 is 0 Å². The van der Waals surface area contributed by atoms with Gasteiger partial charge in [0.2, 0.25) is 3.79 Å². The average molecular weight is 411 g/mol. The normalized spacial score (nSPS) is 19.7. The van der Waals surface area contributed by atoms with E-state index >= 15 is 0 Å². The van der Waals surface area contributed by atoms with Crippen LogP contribution in [0.25, 0.3) is 0 Å². The smallest absolute Gasteiger partial charge is 0.410 e. The Kier molecular flexibility index (Phi) is 7.97. The lowest BCUT2D eigenvalue weighted by atomic mass is 10.4. The lowest BCUT2D eigenvalue weighted by molar-refractivity contribution is 0.0906. The molecule has 0 aliphatic carbocycles. The maximum absolute atomic E-state index is 13.2. The van der Waals surface area contributed by atoms with Crippen molar-refractivity contribution in [1.29, 1.82) is 0 Å². The fourth-order valence-corrected chi connectivity index (χ4v) is 4.99. The van der Waals surface area contributed by atoms with Crippen LogP contribution in [-0.4, -0.2) is 45.9 Å². The van der Waals surface area contributed by atoms with Crippen molar-refractivity contribution in [2.75, 3.05) is 13.2 Å². The molecule has 0 bridgehead atoms. The van der Waals surface area contributed by atoms with Gasteiger partial charge in [0.1, 0.15) is 12.4 Å².